The summed E-state index contributed by atoms with van der Waals surface area (Å²) in [6, 6.07) is 6.77. The van der Waals surface area contributed by atoms with E-state index in [-0.39, 0.29) is 18.9 Å². The van der Waals surface area contributed by atoms with E-state index in [0.717, 1.165) is 5.56 Å². The van der Waals surface area contributed by atoms with E-state index < -0.39 is 11.1 Å². The Hall–Kier alpha value is -0.0726. The van der Waals surface area contributed by atoms with E-state index in [1.165, 1.54) is 0 Å². The fraction of sp³-hybridized carbons (Fsp3) is 0.143. The van der Waals surface area contributed by atoms with Gasteiger partial charge >= 0.3 is 18.9 Å². The van der Waals surface area contributed by atoms with Crippen molar-refractivity contribution >= 4 is 11.1 Å². The number of rotatable bonds is 1. The second-order valence-corrected chi connectivity index (χ2v) is 2.99. The fourth-order valence-electron chi connectivity index (χ4n) is 0.719. The van der Waals surface area contributed by atoms with Crippen molar-refractivity contribution in [3.63, 3.8) is 0 Å². The average molecular weight is 162 g/mol. The molecule has 0 aliphatic carbocycles. The molecule has 1 atom stereocenters. The van der Waals surface area contributed by atoms with Gasteiger partial charge < -0.3 is 4.55 Å². The number of hydrogen-bond donors (Lipinski definition) is 0. The van der Waals surface area contributed by atoms with Crippen LogP contribution in [0, 0.1) is 6.92 Å². The van der Waals surface area contributed by atoms with Crippen LogP contribution >= 0.6 is 0 Å². The Labute approximate surface area is 80.5 Å². The molecule has 0 saturated carbocycles. The van der Waals surface area contributed by atoms with Crippen molar-refractivity contribution in [3.8, 4) is 0 Å². The molecule has 2 nitrogen and oxygen atoms in total. The van der Waals surface area contributed by atoms with E-state index in [1.54, 1.807) is 18.2 Å². The Morgan fingerprint density at radius 2 is 2.09 bits per heavy atom. The Kier molecular flexibility index (Phi) is 4.70. The molecule has 4 heteroatoms. The second kappa shape index (κ2) is 4.73. The third kappa shape index (κ3) is 3.22. The van der Waals surface area contributed by atoms with Crippen LogP contribution in [-0.2, 0) is 11.1 Å². The van der Waals surface area contributed by atoms with Gasteiger partial charge in [-0.3, -0.25) is 4.21 Å². The first-order valence-corrected chi connectivity index (χ1v) is 3.93. The molecule has 1 aromatic carbocycles. The molecule has 0 spiro atoms. The average Bonchev–Trinajstić information content (AvgIpc) is 1.88. The van der Waals surface area contributed by atoms with Crippen LogP contribution in [0.25, 0.3) is 0 Å². The normalized spacial score (nSPS) is 11.8. The summed E-state index contributed by atoms with van der Waals surface area (Å²) in [5.74, 6) is 0. The molecule has 0 heterocycles. The Morgan fingerprint density at radius 3 is 2.45 bits per heavy atom. The van der Waals surface area contributed by atoms with Gasteiger partial charge in [-0.15, -0.1) is 0 Å². The van der Waals surface area contributed by atoms with Gasteiger partial charge in [0.05, 0.1) is 0 Å². The molecule has 54 valence electrons. The fourth-order valence-corrected chi connectivity index (χ4v) is 1.19. The van der Waals surface area contributed by atoms with Crippen LogP contribution in [-0.4, -0.2) is 8.76 Å². The van der Waals surface area contributed by atoms with E-state index >= 15 is 0 Å². The van der Waals surface area contributed by atoms with Gasteiger partial charge in [0.1, 0.15) is 0 Å². The summed E-state index contributed by atoms with van der Waals surface area (Å²) in [6.07, 6.45) is 0. The molecule has 1 unspecified atom stereocenters. The van der Waals surface area contributed by atoms with Crippen molar-refractivity contribution in [2.24, 2.45) is 0 Å². The van der Waals surface area contributed by atoms with Crippen LogP contribution in [0.2, 0.25) is 0 Å². The van der Waals surface area contributed by atoms with E-state index in [0.29, 0.717) is 4.90 Å². The van der Waals surface area contributed by atoms with Gasteiger partial charge in [-0.05, 0) is 35.7 Å². The van der Waals surface area contributed by atoms with Crippen molar-refractivity contribution in [1.82, 2.24) is 0 Å². The molecule has 0 radical (unpaired) electrons. The van der Waals surface area contributed by atoms with Gasteiger partial charge in [0, 0.05) is 4.90 Å². The number of hydrogen-bond acceptors (Lipinski definition) is 2. The monoisotopic (exact) mass is 162 g/mol. The predicted octanol–water partition coefficient (Wildman–Crippen LogP) is -1.76. The quantitative estimate of drug-likeness (QED) is 0.362. The third-order valence-electron chi connectivity index (χ3n) is 1.18. The molecule has 11 heavy (non-hydrogen) atoms. The van der Waals surface area contributed by atoms with Crippen LogP contribution in [0.5, 0.6) is 0 Å². The van der Waals surface area contributed by atoms with Crippen LogP contribution in [0.15, 0.2) is 29.2 Å². The van der Waals surface area contributed by atoms with E-state index in [9.17, 15) is 8.76 Å². The maximum atomic E-state index is 10.4. The summed E-state index contributed by atoms with van der Waals surface area (Å²) >= 11 is -2.09. The topological polar surface area (TPSA) is 40.1 Å². The van der Waals surface area contributed by atoms with Crippen LogP contribution in [0.1, 0.15) is 5.56 Å². The SMILES string of the molecule is Cc1cccc(S(=O)[O-])c1.[Li+]. The molecule has 0 N–H and O–H groups in total. The van der Waals surface area contributed by atoms with Gasteiger partial charge in [0.25, 0.3) is 0 Å². The molecule has 0 aromatic heterocycles. The maximum Gasteiger partial charge on any atom is 1.00 e. The van der Waals surface area contributed by atoms with E-state index in [2.05, 4.69) is 0 Å². The number of benzene rings is 1. The number of aryl methyl sites for hydroxylation is 1. The largest absolute Gasteiger partial charge is 1.00 e. The molecule has 0 bridgehead atoms. The zero-order valence-electron chi connectivity index (χ0n) is 6.53. The van der Waals surface area contributed by atoms with Crippen molar-refractivity contribution in [2.45, 2.75) is 11.8 Å². The summed E-state index contributed by atoms with van der Waals surface area (Å²) < 4.78 is 20.7. The molecule has 0 amide bonds. The zero-order valence-corrected chi connectivity index (χ0v) is 7.35. The van der Waals surface area contributed by atoms with Crippen LogP contribution < -0.4 is 18.9 Å². The molecule has 1 aromatic rings. The minimum absolute atomic E-state index is 0. The summed E-state index contributed by atoms with van der Waals surface area (Å²) in [6.45, 7) is 1.86. The molecule has 0 fully saturated rings. The van der Waals surface area contributed by atoms with Gasteiger partial charge in [-0.2, -0.15) is 0 Å². The predicted molar refractivity (Wildman–Crippen MR) is 38.4 cm³/mol. The second-order valence-electron chi connectivity index (χ2n) is 2.05. The standard InChI is InChI=1S/C7H8O2S.Li/c1-6-3-2-4-7(5-6)10(8)9;/h2-5H,1H3,(H,8,9);/q;+1/p-1. The molecule has 0 aliphatic rings. The van der Waals surface area contributed by atoms with Crippen molar-refractivity contribution in [2.75, 3.05) is 0 Å². The van der Waals surface area contributed by atoms with Crippen LogP contribution in [0.4, 0.5) is 0 Å². The minimum Gasteiger partial charge on any atom is -0.768 e. The Morgan fingerprint density at radius 1 is 1.45 bits per heavy atom. The molecule has 0 aliphatic heterocycles. The molecule has 0 saturated heterocycles. The Balaban J connectivity index is 0.000001000. The third-order valence-corrected chi connectivity index (χ3v) is 1.82. The minimum atomic E-state index is -2.09. The van der Waals surface area contributed by atoms with Crippen molar-refractivity contribution < 1.29 is 27.6 Å². The van der Waals surface area contributed by atoms with E-state index in [1.807, 2.05) is 13.0 Å². The summed E-state index contributed by atoms with van der Waals surface area (Å²) in [7, 11) is 0. The maximum absolute atomic E-state index is 10.4. The first-order valence-electron chi connectivity index (χ1n) is 2.86. The first-order chi connectivity index (χ1) is 4.70. The molecule has 1 rings (SSSR count). The summed E-state index contributed by atoms with van der Waals surface area (Å²) in [5, 5.41) is 0. The van der Waals surface area contributed by atoms with Gasteiger partial charge in [-0.1, -0.05) is 12.1 Å². The zero-order chi connectivity index (χ0) is 7.56. The molecular formula is C7H7LiO2S. The van der Waals surface area contributed by atoms with Gasteiger partial charge in [-0.25, -0.2) is 0 Å². The Bertz CT molecular complexity index is 262. The first kappa shape index (κ1) is 10.9. The van der Waals surface area contributed by atoms with Crippen LogP contribution in [0.3, 0.4) is 0 Å². The molecular weight excluding hydrogens is 155 g/mol. The smallest absolute Gasteiger partial charge is 0.768 e. The van der Waals surface area contributed by atoms with E-state index in [4.69, 9.17) is 0 Å². The van der Waals surface area contributed by atoms with Crippen molar-refractivity contribution in [3.05, 3.63) is 29.8 Å². The van der Waals surface area contributed by atoms with Crippen molar-refractivity contribution in [1.29, 1.82) is 0 Å². The summed E-state index contributed by atoms with van der Waals surface area (Å²) in [5.41, 5.74) is 0.960. The van der Waals surface area contributed by atoms with Gasteiger partial charge in [0.15, 0.2) is 0 Å². The van der Waals surface area contributed by atoms with Gasteiger partial charge in [0.2, 0.25) is 0 Å². The summed E-state index contributed by atoms with van der Waals surface area (Å²) in [4.78, 5) is 0.347.